The summed E-state index contributed by atoms with van der Waals surface area (Å²) in [5.74, 6) is -0.466. The van der Waals surface area contributed by atoms with Crippen LogP contribution in [-0.2, 0) is 19.6 Å². The summed E-state index contributed by atoms with van der Waals surface area (Å²) in [6, 6.07) is 0. The Morgan fingerprint density at radius 1 is 1.53 bits per heavy atom. The lowest BCUT2D eigenvalue weighted by molar-refractivity contribution is -0.143. The van der Waals surface area contributed by atoms with Gasteiger partial charge in [-0.1, -0.05) is 13.8 Å². The fraction of sp³-hybridized carbons (Fsp3) is 0.636. The molecule has 19 heavy (non-hydrogen) atoms. The molecule has 7 nitrogen and oxygen atoms in total. The highest BCUT2D eigenvalue weighted by Crippen LogP contribution is 2.15. The fourth-order valence-corrected chi connectivity index (χ4v) is 2.99. The van der Waals surface area contributed by atoms with E-state index in [-0.39, 0.29) is 30.5 Å². The molecule has 0 bridgehead atoms. The van der Waals surface area contributed by atoms with Crippen molar-refractivity contribution >= 4 is 16.0 Å². The van der Waals surface area contributed by atoms with Gasteiger partial charge in [0, 0.05) is 12.7 Å². The molecule has 8 heteroatoms. The Hall–Kier alpha value is -1.41. The van der Waals surface area contributed by atoms with Crippen molar-refractivity contribution in [2.75, 3.05) is 19.7 Å². The lowest BCUT2D eigenvalue weighted by Crippen LogP contribution is -2.38. The molecule has 0 aromatic carbocycles. The van der Waals surface area contributed by atoms with Crippen LogP contribution in [0, 0.1) is 5.92 Å². The van der Waals surface area contributed by atoms with Crippen molar-refractivity contribution in [2.24, 2.45) is 5.92 Å². The monoisotopic (exact) mass is 289 g/mol. The van der Waals surface area contributed by atoms with Gasteiger partial charge in [0.15, 0.2) is 0 Å². The molecular formula is C11H19N3O4S. The molecule has 1 aromatic heterocycles. The van der Waals surface area contributed by atoms with Crippen LogP contribution < -0.4 is 0 Å². The normalized spacial score (nSPS) is 12.1. The summed E-state index contributed by atoms with van der Waals surface area (Å²) in [5, 5.41) is 6.07. The van der Waals surface area contributed by atoms with Crippen LogP contribution in [0.4, 0.5) is 0 Å². The molecule has 0 saturated heterocycles. The number of hydrogen-bond acceptors (Lipinski definition) is 5. The van der Waals surface area contributed by atoms with E-state index in [1.165, 1.54) is 12.4 Å². The lowest BCUT2D eigenvalue weighted by atomic mass is 10.2. The lowest BCUT2D eigenvalue weighted by Gasteiger charge is -2.22. The average Bonchev–Trinajstić information content (AvgIpc) is 2.81. The number of carbonyl (C=O) groups is 1. The van der Waals surface area contributed by atoms with Crippen LogP contribution in [0.2, 0.25) is 0 Å². The third-order valence-electron chi connectivity index (χ3n) is 2.29. The minimum atomic E-state index is -3.73. The second kappa shape index (κ2) is 6.67. The maximum atomic E-state index is 12.3. The molecule has 108 valence electrons. The third kappa shape index (κ3) is 4.32. The van der Waals surface area contributed by atoms with Crippen molar-refractivity contribution in [1.82, 2.24) is 14.5 Å². The summed E-state index contributed by atoms with van der Waals surface area (Å²) in [6.07, 6.45) is 2.50. The van der Waals surface area contributed by atoms with E-state index in [9.17, 15) is 13.2 Å². The first-order chi connectivity index (χ1) is 8.87. The van der Waals surface area contributed by atoms with Crippen LogP contribution in [0.1, 0.15) is 20.8 Å². The topological polar surface area (TPSA) is 92.4 Å². The Balaban J connectivity index is 2.93. The molecule has 0 aliphatic rings. The predicted molar refractivity (Wildman–Crippen MR) is 68.8 cm³/mol. The number of esters is 1. The summed E-state index contributed by atoms with van der Waals surface area (Å²) >= 11 is 0. The Kier molecular flexibility index (Phi) is 5.49. The third-order valence-corrected chi connectivity index (χ3v) is 4.07. The molecular weight excluding hydrogens is 270 g/mol. The fourth-order valence-electron chi connectivity index (χ4n) is 1.53. The number of H-pyrrole nitrogens is 1. The van der Waals surface area contributed by atoms with Crippen LogP contribution in [0.3, 0.4) is 0 Å². The number of sulfonamides is 1. The molecule has 1 N–H and O–H groups in total. The molecule has 1 rings (SSSR count). The van der Waals surface area contributed by atoms with E-state index in [0.717, 1.165) is 4.31 Å². The maximum absolute atomic E-state index is 12.3. The number of hydrogen-bond donors (Lipinski definition) is 1. The van der Waals surface area contributed by atoms with Gasteiger partial charge in [0.1, 0.15) is 11.4 Å². The first-order valence-electron chi connectivity index (χ1n) is 6.02. The summed E-state index contributed by atoms with van der Waals surface area (Å²) in [6.45, 7) is 5.60. The number of carbonyl (C=O) groups excluding carboxylic acids is 1. The van der Waals surface area contributed by atoms with Gasteiger partial charge in [0.05, 0.1) is 12.8 Å². The Labute approximate surface area is 113 Å². The van der Waals surface area contributed by atoms with Crippen molar-refractivity contribution < 1.29 is 17.9 Å². The zero-order chi connectivity index (χ0) is 14.5. The zero-order valence-electron chi connectivity index (χ0n) is 11.3. The molecule has 0 saturated carbocycles. The molecule has 0 spiro atoms. The summed E-state index contributed by atoms with van der Waals surface area (Å²) in [5.41, 5.74) is 0. The number of aromatic amines is 1. The van der Waals surface area contributed by atoms with Crippen molar-refractivity contribution in [3.05, 3.63) is 12.4 Å². The van der Waals surface area contributed by atoms with E-state index in [1.54, 1.807) is 6.92 Å². The Morgan fingerprint density at radius 2 is 2.21 bits per heavy atom. The van der Waals surface area contributed by atoms with Gasteiger partial charge in [-0.25, -0.2) is 8.42 Å². The highest BCUT2D eigenvalue weighted by Gasteiger charge is 2.28. The quantitative estimate of drug-likeness (QED) is 0.743. The highest BCUT2D eigenvalue weighted by atomic mass is 32.2. The number of nitrogens with zero attached hydrogens (tertiary/aromatic N) is 2. The van der Waals surface area contributed by atoms with Gasteiger partial charge in [-0.15, -0.1) is 0 Å². The van der Waals surface area contributed by atoms with Crippen LogP contribution in [0.15, 0.2) is 17.3 Å². The molecule has 0 atom stereocenters. The van der Waals surface area contributed by atoms with Gasteiger partial charge in [0.2, 0.25) is 10.0 Å². The predicted octanol–water partition coefficient (Wildman–Crippen LogP) is 0.619. The van der Waals surface area contributed by atoms with Crippen molar-refractivity contribution in [3.63, 3.8) is 0 Å². The SMILES string of the molecule is CCOC(=O)CN(CC(C)C)S(=O)(=O)c1cn[nH]c1. The van der Waals surface area contributed by atoms with Gasteiger partial charge in [-0.3, -0.25) is 9.89 Å². The van der Waals surface area contributed by atoms with E-state index in [2.05, 4.69) is 10.2 Å². The Morgan fingerprint density at radius 3 is 2.68 bits per heavy atom. The smallest absolute Gasteiger partial charge is 0.321 e. The minimum absolute atomic E-state index is 0.0393. The van der Waals surface area contributed by atoms with Gasteiger partial charge in [-0.05, 0) is 12.8 Å². The number of ether oxygens (including phenoxy) is 1. The summed E-state index contributed by atoms with van der Waals surface area (Å²) in [7, 11) is -3.73. The molecule has 0 aliphatic carbocycles. The van der Waals surface area contributed by atoms with Crippen molar-refractivity contribution in [3.8, 4) is 0 Å². The Bertz CT molecular complexity index is 496. The van der Waals surface area contributed by atoms with Gasteiger partial charge >= 0.3 is 5.97 Å². The van der Waals surface area contributed by atoms with Gasteiger partial charge in [-0.2, -0.15) is 9.40 Å². The first kappa shape index (κ1) is 15.6. The zero-order valence-corrected chi connectivity index (χ0v) is 12.1. The van der Waals surface area contributed by atoms with E-state index in [1.807, 2.05) is 13.8 Å². The molecule has 0 amide bonds. The second-order valence-corrected chi connectivity index (χ2v) is 6.37. The van der Waals surface area contributed by atoms with Crippen molar-refractivity contribution in [1.29, 1.82) is 0 Å². The summed E-state index contributed by atoms with van der Waals surface area (Å²) in [4.78, 5) is 11.5. The highest BCUT2D eigenvalue weighted by molar-refractivity contribution is 7.89. The van der Waals surface area contributed by atoms with Gasteiger partial charge < -0.3 is 4.74 Å². The number of nitrogens with one attached hydrogen (secondary N) is 1. The average molecular weight is 289 g/mol. The van der Waals surface area contributed by atoms with Crippen LogP contribution in [0.25, 0.3) is 0 Å². The van der Waals surface area contributed by atoms with Crippen LogP contribution in [0.5, 0.6) is 0 Å². The standard InChI is InChI=1S/C11H19N3O4S/c1-4-18-11(15)8-14(7-9(2)3)19(16,17)10-5-12-13-6-10/h5-6,9H,4,7-8H2,1-3H3,(H,12,13). The molecule has 1 heterocycles. The largest absolute Gasteiger partial charge is 0.465 e. The van der Waals surface area contributed by atoms with E-state index in [0.29, 0.717) is 0 Å². The molecule has 0 radical (unpaired) electrons. The first-order valence-corrected chi connectivity index (χ1v) is 7.46. The molecule has 0 aliphatic heterocycles. The van der Waals surface area contributed by atoms with E-state index in [4.69, 9.17) is 4.74 Å². The van der Waals surface area contributed by atoms with E-state index >= 15 is 0 Å². The molecule has 0 unspecified atom stereocenters. The van der Waals surface area contributed by atoms with E-state index < -0.39 is 16.0 Å². The summed E-state index contributed by atoms with van der Waals surface area (Å²) < 4.78 is 30.6. The maximum Gasteiger partial charge on any atom is 0.321 e. The number of aromatic nitrogens is 2. The second-order valence-electron chi connectivity index (χ2n) is 4.43. The van der Waals surface area contributed by atoms with Crippen LogP contribution in [-0.4, -0.2) is 48.6 Å². The van der Waals surface area contributed by atoms with Crippen molar-refractivity contribution in [2.45, 2.75) is 25.7 Å². The number of rotatable bonds is 7. The van der Waals surface area contributed by atoms with Crippen LogP contribution >= 0.6 is 0 Å². The minimum Gasteiger partial charge on any atom is -0.465 e. The molecule has 0 fully saturated rings. The molecule has 1 aromatic rings. The van der Waals surface area contributed by atoms with Gasteiger partial charge in [0.25, 0.3) is 0 Å².